The van der Waals surface area contributed by atoms with Gasteiger partial charge in [-0.2, -0.15) is 0 Å². The van der Waals surface area contributed by atoms with Crippen molar-refractivity contribution >= 4 is 27.2 Å². The largest absolute Gasteiger partial charge is 0.369 e. The maximum atomic E-state index is 4.44. The van der Waals surface area contributed by atoms with E-state index in [4.69, 9.17) is 0 Å². The fourth-order valence-corrected chi connectivity index (χ4v) is 3.25. The first-order valence-electron chi connectivity index (χ1n) is 6.07. The molecule has 1 N–H and O–H groups in total. The van der Waals surface area contributed by atoms with E-state index in [0.717, 1.165) is 18.3 Å². The Morgan fingerprint density at radius 1 is 1.53 bits per heavy atom. The van der Waals surface area contributed by atoms with Gasteiger partial charge in [-0.3, -0.25) is 0 Å². The van der Waals surface area contributed by atoms with E-state index in [2.05, 4.69) is 39.8 Å². The molecule has 1 aliphatic heterocycles. The molecule has 3 rings (SSSR count). The van der Waals surface area contributed by atoms with E-state index >= 15 is 0 Å². The fraction of sp³-hybridized carbons (Fsp3) is 0.462. The number of anilines is 1. The van der Waals surface area contributed by atoms with Gasteiger partial charge in [-0.1, -0.05) is 0 Å². The van der Waals surface area contributed by atoms with Crippen molar-refractivity contribution in [1.29, 1.82) is 0 Å². The minimum atomic E-state index is 0.760. The number of pyridine rings is 1. The summed E-state index contributed by atoms with van der Waals surface area (Å²) in [6, 6.07) is 4.23. The molecule has 1 unspecified atom stereocenters. The molecule has 17 heavy (non-hydrogen) atoms. The molecule has 0 saturated carbocycles. The van der Waals surface area contributed by atoms with Crippen LogP contribution < -0.4 is 5.32 Å². The molecule has 0 amide bonds. The Kier molecular flexibility index (Phi) is 2.99. The van der Waals surface area contributed by atoms with E-state index in [-0.39, 0.29) is 0 Å². The lowest BCUT2D eigenvalue weighted by Crippen LogP contribution is -2.19. The van der Waals surface area contributed by atoms with Crippen LogP contribution in [0, 0.1) is 5.92 Å². The Morgan fingerprint density at radius 2 is 2.47 bits per heavy atom. The van der Waals surface area contributed by atoms with Crippen LogP contribution in [0.2, 0.25) is 0 Å². The zero-order valence-corrected chi connectivity index (χ0v) is 10.8. The summed E-state index contributed by atoms with van der Waals surface area (Å²) in [6.45, 7) is 3.46. The number of hydrogen-bond acceptors (Lipinski definition) is 4. The molecular weight excluding hydrogens is 230 g/mol. The van der Waals surface area contributed by atoms with Crippen molar-refractivity contribution in [2.24, 2.45) is 5.92 Å². The van der Waals surface area contributed by atoms with Crippen LogP contribution in [0.5, 0.6) is 0 Å². The van der Waals surface area contributed by atoms with Gasteiger partial charge in [0.05, 0.1) is 0 Å². The minimum absolute atomic E-state index is 0.760. The monoisotopic (exact) mass is 247 g/mol. The normalized spacial score (nSPS) is 21.1. The molecule has 1 saturated heterocycles. The second-order valence-corrected chi connectivity index (χ2v) is 5.74. The van der Waals surface area contributed by atoms with E-state index in [1.165, 1.54) is 29.6 Å². The zero-order valence-electron chi connectivity index (χ0n) is 10.0. The Hall–Kier alpha value is -1.13. The molecule has 1 atom stereocenters. The summed E-state index contributed by atoms with van der Waals surface area (Å²) in [5, 5.41) is 6.88. The van der Waals surface area contributed by atoms with Crippen LogP contribution in [0.15, 0.2) is 23.7 Å². The van der Waals surface area contributed by atoms with E-state index in [1.54, 1.807) is 11.3 Å². The molecule has 0 bridgehead atoms. The second-order valence-electron chi connectivity index (χ2n) is 4.79. The van der Waals surface area contributed by atoms with Crippen LogP contribution in [-0.2, 0) is 0 Å². The Balaban J connectivity index is 1.70. The smallest absolute Gasteiger partial charge is 0.134 e. The fourth-order valence-electron chi connectivity index (χ4n) is 2.47. The van der Waals surface area contributed by atoms with Crippen molar-refractivity contribution in [2.75, 3.05) is 32.0 Å². The predicted octanol–water partition coefficient (Wildman–Crippen LogP) is 2.66. The molecule has 2 aromatic rings. The van der Waals surface area contributed by atoms with E-state index in [1.807, 2.05) is 6.20 Å². The highest BCUT2D eigenvalue weighted by atomic mass is 32.1. The zero-order chi connectivity index (χ0) is 11.7. The first kappa shape index (κ1) is 11.0. The molecule has 2 aromatic heterocycles. The number of aromatic nitrogens is 1. The van der Waals surface area contributed by atoms with Gasteiger partial charge < -0.3 is 10.2 Å². The molecule has 1 fully saturated rings. The third-order valence-electron chi connectivity index (χ3n) is 3.43. The van der Waals surface area contributed by atoms with Crippen molar-refractivity contribution in [2.45, 2.75) is 6.42 Å². The van der Waals surface area contributed by atoms with Crippen molar-refractivity contribution < 1.29 is 0 Å². The number of nitrogens with one attached hydrogen (secondary N) is 1. The van der Waals surface area contributed by atoms with Gasteiger partial charge in [0.2, 0.25) is 0 Å². The first-order chi connectivity index (χ1) is 8.33. The van der Waals surface area contributed by atoms with Crippen LogP contribution in [0.1, 0.15) is 6.42 Å². The maximum absolute atomic E-state index is 4.44. The summed E-state index contributed by atoms with van der Waals surface area (Å²) in [4.78, 5) is 6.83. The molecule has 90 valence electrons. The minimum Gasteiger partial charge on any atom is -0.369 e. The van der Waals surface area contributed by atoms with Gasteiger partial charge in [0.15, 0.2) is 0 Å². The molecule has 1 aliphatic rings. The van der Waals surface area contributed by atoms with Crippen molar-refractivity contribution in [1.82, 2.24) is 9.88 Å². The highest BCUT2D eigenvalue weighted by Crippen LogP contribution is 2.26. The lowest BCUT2D eigenvalue weighted by molar-refractivity contribution is 0.399. The van der Waals surface area contributed by atoms with E-state index in [9.17, 15) is 0 Å². The van der Waals surface area contributed by atoms with Gasteiger partial charge in [-0.15, -0.1) is 11.3 Å². The number of thiophene rings is 1. The quantitative estimate of drug-likeness (QED) is 0.904. The van der Waals surface area contributed by atoms with E-state index in [0.29, 0.717) is 0 Å². The molecule has 0 radical (unpaired) electrons. The van der Waals surface area contributed by atoms with Crippen molar-refractivity contribution in [3.8, 4) is 0 Å². The predicted molar refractivity (Wildman–Crippen MR) is 73.7 cm³/mol. The third-order valence-corrected chi connectivity index (χ3v) is 4.31. The molecule has 0 aliphatic carbocycles. The van der Waals surface area contributed by atoms with Crippen LogP contribution >= 0.6 is 11.3 Å². The van der Waals surface area contributed by atoms with Gasteiger partial charge in [-0.25, -0.2) is 4.98 Å². The Labute approximate surface area is 105 Å². The van der Waals surface area contributed by atoms with Crippen molar-refractivity contribution in [3.63, 3.8) is 0 Å². The van der Waals surface area contributed by atoms with Crippen LogP contribution in [0.25, 0.3) is 10.1 Å². The number of hydrogen-bond donors (Lipinski definition) is 1. The Bertz CT molecular complexity index is 508. The number of rotatable bonds is 3. The Morgan fingerprint density at radius 3 is 3.29 bits per heavy atom. The number of likely N-dealkylation sites (tertiary alicyclic amines) is 1. The van der Waals surface area contributed by atoms with Gasteiger partial charge in [0.1, 0.15) is 5.82 Å². The molecule has 0 aromatic carbocycles. The van der Waals surface area contributed by atoms with Crippen molar-refractivity contribution in [3.05, 3.63) is 23.7 Å². The second kappa shape index (κ2) is 4.63. The molecule has 3 heterocycles. The van der Waals surface area contributed by atoms with Crippen LogP contribution in [0.4, 0.5) is 5.82 Å². The summed E-state index contributed by atoms with van der Waals surface area (Å²) in [7, 11) is 2.19. The average molecular weight is 247 g/mol. The summed E-state index contributed by atoms with van der Waals surface area (Å²) < 4.78 is 1.31. The van der Waals surface area contributed by atoms with Gasteiger partial charge in [0, 0.05) is 29.4 Å². The first-order valence-corrected chi connectivity index (χ1v) is 6.95. The maximum Gasteiger partial charge on any atom is 0.134 e. The third kappa shape index (κ3) is 2.28. The molecular formula is C13H17N3S. The number of fused-ring (bicyclic) bond motifs is 1. The average Bonchev–Trinajstić information content (AvgIpc) is 2.94. The topological polar surface area (TPSA) is 28.2 Å². The standard InChI is InChI=1S/C13H17N3S/c1-16-6-3-10(9-16)8-15-13-11-4-7-17-12(11)2-5-14-13/h2,4-5,7,10H,3,6,8-9H2,1H3,(H,14,15). The van der Waals surface area contributed by atoms with Crippen LogP contribution in [-0.4, -0.2) is 36.6 Å². The molecule has 4 heteroatoms. The van der Waals surface area contributed by atoms with E-state index < -0.39 is 0 Å². The number of nitrogens with zero attached hydrogens (tertiary/aromatic N) is 2. The summed E-state index contributed by atoms with van der Waals surface area (Å²) in [5.74, 6) is 1.80. The van der Waals surface area contributed by atoms with Gasteiger partial charge >= 0.3 is 0 Å². The van der Waals surface area contributed by atoms with Crippen LogP contribution in [0.3, 0.4) is 0 Å². The molecule has 0 spiro atoms. The summed E-state index contributed by atoms with van der Waals surface area (Å²) >= 11 is 1.77. The lowest BCUT2D eigenvalue weighted by Gasteiger charge is -2.12. The summed E-state index contributed by atoms with van der Waals surface area (Å²) in [6.07, 6.45) is 3.19. The van der Waals surface area contributed by atoms with Gasteiger partial charge in [0.25, 0.3) is 0 Å². The highest BCUT2D eigenvalue weighted by molar-refractivity contribution is 7.17. The SMILES string of the molecule is CN1CCC(CNc2nccc3sccc23)C1. The van der Waals surface area contributed by atoms with Gasteiger partial charge in [-0.05, 0) is 43.4 Å². The highest BCUT2D eigenvalue weighted by Gasteiger charge is 2.19. The summed E-state index contributed by atoms with van der Waals surface area (Å²) in [5.41, 5.74) is 0. The molecule has 3 nitrogen and oxygen atoms in total. The lowest BCUT2D eigenvalue weighted by atomic mass is 10.1.